The minimum absolute atomic E-state index is 0.0678. The van der Waals surface area contributed by atoms with Crippen molar-refractivity contribution >= 4 is 11.8 Å². The van der Waals surface area contributed by atoms with Crippen molar-refractivity contribution in [3.63, 3.8) is 0 Å². The van der Waals surface area contributed by atoms with Crippen LogP contribution < -0.4 is 4.90 Å². The summed E-state index contributed by atoms with van der Waals surface area (Å²) < 4.78 is 13.3. The molecule has 3 heteroatoms. The Morgan fingerprint density at radius 1 is 0.848 bits per heavy atom. The lowest BCUT2D eigenvalue weighted by Crippen LogP contribution is -2.52. The third-order valence-corrected chi connectivity index (χ3v) is 6.96. The van der Waals surface area contributed by atoms with Crippen LogP contribution in [0.3, 0.4) is 0 Å². The van der Waals surface area contributed by atoms with Crippen molar-refractivity contribution in [1.82, 2.24) is 0 Å². The van der Waals surface area contributed by atoms with Gasteiger partial charge in [0.2, 0.25) is 0 Å². The molecule has 1 fully saturated rings. The molecule has 0 saturated carbocycles. The van der Waals surface area contributed by atoms with Gasteiger partial charge < -0.3 is 14.4 Å². The lowest BCUT2D eigenvalue weighted by molar-refractivity contribution is -0.274. The first-order chi connectivity index (χ1) is 15.4. The lowest BCUT2D eigenvalue weighted by Gasteiger charge is -2.47. The Kier molecular flexibility index (Phi) is 6.50. The van der Waals surface area contributed by atoms with Gasteiger partial charge in [0.05, 0.1) is 24.8 Å². The van der Waals surface area contributed by atoms with Gasteiger partial charge in [0.15, 0.2) is 6.29 Å². The Balaban J connectivity index is 1.69. The number of nitrogens with zero attached hydrogens (tertiary/aromatic N) is 1. The molecule has 0 spiro atoms. The van der Waals surface area contributed by atoms with Crippen molar-refractivity contribution in [2.75, 3.05) is 11.4 Å². The molecule has 0 aromatic heterocycles. The zero-order chi connectivity index (χ0) is 24.0. The minimum Gasteiger partial charge on any atom is -0.355 e. The Labute approximate surface area is 200 Å². The van der Waals surface area contributed by atoms with E-state index in [0.29, 0.717) is 6.54 Å². The number of hydrogen-bond donors (Lipinski definition) is 0. The molecular formula is C30H41NO2. The quantitative estimate of drug-likeness (QED) is 0.487. The Hall–Kier alpha value is -2.10. The molecule has 0 radical (unpaired) electrons. The van der Waals surface area contributed by atoms with Crippen LogP contribution >= 0.6 is 0 Å². The Bertz CT molecular complexity index is 968. The van der Waals surface area contributed by atoms with E-state index in [4.69, 9.17) is 9.47 Å². The van der Waals surface area contributed by atoms with E-state index in [1.165, 1.54) is 27.9 Å². The topological polar surface area (TPSA) is 21.7 Å². The maximum absolute atomic E-state index is 6.64. The molecule has 0 aliphatic carbocycles. The third kappa shape index (κ3) is 5.36. The van der Waals surface area contributed by atoms with Gasteiger partial charge in [0.1, 0.15) is 0 Å². The van der Waals surface area contributed by atoms with Crippen molar-refractivity contribution < 1.29 is 9.47 Å². The van der Waals surface area contributed by atoms with E-state index in [1.807, 2.05) is 0 Å². The van der Waals surface area contributed by atoms with Crippen LogP contribution in [-0.2, 0) is 9.47 Å². The van der Waals surface area contributed by atoms with Gasteiger partial charge in [-0.15, -0.1) is 0 Å². The molecule has 0 N–H and O–H groups in total. The lowest BCUT2D eigenvalue weighted by atomic mass is 9.78. The fourth-order valence-corrected chi connectivity index (χ4v) is 5.09. The molecule has 0 bridgehead atoms. The average Bonchev–Trinajstić information content (AvgIpc) is 2.72. The molecule has 2 aromatic carbocycles. The van der Waals surface area contributed by atoms with E-state index in [1.54, 1.807) is 0 Å². The van der Waals surface area contributed by atoms with E-state index in [2.05, 4.69) is 115 Å². The fraction of sp³-hybridized carbons (Fsp3) is 0.533. The van der Waals surface area contributed by atoms with Gasteiger partial charge in [0.25, 0.3) is 0 Å². The highest BCUT2D eigenvalue weighted by Crippen LogP contribution is 2.41. The zero-order valence-corrected chi connectivity index (χ0v) is 21.7. The summed E-state index contributed by atoms with van der Waals surface area (Å²) in [4.78, 5) is 2.47. The van der Waals surface area contributed by atoms with Crippen LogP contribution in [0.5, 0.6) is 0 Å². The molecule has 2 heterocycles. The standard InChI is InChI=1S/C30H41NO2/c1-20-15-21(2)17-23(16-20)25-14-13-22-11-9-10-12-24(22)31(25)19-28-32-26(29(3,4)5)18-27(33-28)30(6,7)8/h9-17,25-28H,18-19H2,1-8H3. The van der Waals surface area contributed by atoms with Crippen LogP contribution in [0.4, 0.5) is 5.69 Å². The molecule has 4 rings (SSSR count). The summed E-state index contributed by atoms with van der Waals surface area (Å²) in [7, 11) is 0. The molecule has 178 valence electrons. The molecule has 33 heavy (non-hydrogen) atoms. The van der Waals surface area contributed by atoms with Crippen LogP contribution in [-0.4, -0.2) is 25.0 Å². The van der Waals surface area contributed by atoms with Gasteiger partial charge in [-0.1, -0.05) is 101 Å². The highest BCUT2D eigenvalue weighted by molar-refractivity contribution is 5.73. The fourth-order valence-electron chi connectivity index (χ4n) is 5.09. The van der Waals surface area contributed by atoms with Crippen LogP contribution in [0.25, 0.3) is 6.08 Å². The number of anilines is 1. The monoisotopic (exact) mass is 447 g/mol. The van der Waals surface area contributed by atoms with Gasteiger partial charge in [-0.3, -0.25) is 0 Å². The van der Waals surface area contributed by atoms with Gasteiger partial charge in [-0.25, -0.2) is 0 Å². The van der Waals surface area contributed by atoms with Gasteiger partial charge in [-0.2, -0.15) is 0 Å². The first-order valence-corrected chi connectivity index (χ1v) is 12.3. The van der Waals surface area contributed by atoms with Gasteiger partial charge in [-0.05, 0) is 41.9 Å². The molecule has 3 atom stereocenters. The molecule has 3 unspecified atom stereocenters. The minimum atomic E-state index is -0.278. The number of aryl methyl sites for hydroxylation is 2. The summed E-state index contributed by atoms with van der Waals surface area (Å²) in [6.45, 7) is 18.7. The maximum Gasteiger partial charge on any atom is 0.175 e. The summed E-state index contributed by atoms with van der Waals surface area (Å²) in [5.41, 5.74) is 6.52. The maximum atomic E-state index is 6.64. The summed E-state index contributed by atoms with van der Waals surface area (Å²) in [5, 5.41) is 0. The Morgan fingerprint density at radius 3 is 2.00 bits per heavy atom. The predicted octanol–water partition coefficient (Wildman–Crippen LogP) is 7.47. The van der Waals surface area contributed by atoms with Crippen molar-refractivity contribution in [3.8, 4) is 0 Å². The first kappa shape index (κ1) is 24.0. The van der Waals surface area contributed by atoms with Crippen LogP contribution in [0.15, 0.2) is 48.5 Å². The predicted molar refractivity (Wildman–Crippen MR) is 139 cm³/mol. The smallest absolute Gasteiger partial charge is 0.175 e. The summed E-state index contributed by atoms with van der Waals surface area (Å²) in [6.07, 6.45) is 5.56. The molecular weight excluding hydrogens is 406 g/mol. The highest BCUT2D eigenvalue weighted by Gasteiger charge is 2.42. The average molecular weight is 448 g/mol. The summed E-state index contributed by atoms with van der Waals surface area (Å²) in [6, 6.07) is 15.6. The number of ether oxygens (including phenoxy) is 2. The van der Waals surface area contributed by atoms with E-state index >= 15 is 0 Å². The van der Waals surface area contributed by atoms with Crippen LogP contribution in [0.2, 0.25) is 0 Å². The number of hydrogen-bond acceptors (Lipinski definition) is 3. The van der Waals surface area contributed by atoms with Crippen LogP contribution in [0, 0.1) is 24.7 Å². The van der Waals surface area contributed by atoms with Gasteiger partial charge >= 0.3 is 0 Å². The molecule has 2 aromatic rings. The van der Waals surface area contributed by atoms with E-state index < -0.39 is 0 Å². The molecule has 2 aliphatic rings. The van der Waals surface area contributed by atoms with E-state index in [0.717, 1.165) is 6.42 Å². The van der Waals surface area contributed by atoms with Crippen molar-refractivity contribution in [2.45, 2.75) is 86.4 Å². The van der Waals surface area contributed by atoms with E-state index in [9.17, 15) is 0 Å². The first-order valence-electron chi connectivity index (χ1n) is 12.3. The second kappa shape index (κ2) is 8.92. The van der Waals surface area contributed by atoms with Crippen molar-refractivity contribution in [2.24, 2.45) is 10.8 Å². The highest BCUT2D eigenvalue weighted by atomic mass is 16.7. The van der Waals surface area contributed by atoms with E-state index in [-0.39, 0.29) is 35.4 Å². The summed E-state index contributed by atoms with van der Waals surface area (Å²) >= 11 is 0. The number of benzene rings is 2. The molecule has 1 saturated heterocycles. The number of rotatable bonds is 3. The van der Waals surface area contributed by atoms with Crippen molar-refractivity contribution in [1.29, 1.82) is 0 Å². The number of fused-ring (bicyclic) bond motifs is 1. The number of para-hydroxylation sites is 1. The largest absolute Gasteiger partial charge is 0.355 e. The zero-order valence-electron chi connectivity index (χ0n) is 21.7. The van der Waals surface area contributed by atoms with Gasteiger partial charge in [0, 0.05) is 12.1 Å². The molecule has 0 amide bonds. The normalized spacial score (nSPS) is 25.8. The molecule has 2 aliphatic heterocycles. The molecule has 3 nitrogen and oxygen atoms in total. The third-order valence-electron chi connectivity index (χ3n) is 6.96. The van der Waals surface area contributed by atoms with Crippen LogP contribution in [0.1, 0.15) is 76.3 Å². The Morgan fingerprint density at radius 2 is 1.42 bits per heavy atom. The summed E-state index contributed by atoms with van der Waals surface area (Å²) in [5.74, 6) is 0. The second-order valence-electron chi connectivity index (χ2n) is 12.1. The second-order valence-corrected chi connectivity index (χ2v) is 12.1. The van der Waals surface area contributed by atoms with Crippen molar-refractivity contribution in [3.05, 3.63) is 70.8 Å². The SMILES string of the molecule is Cc1cc(C)cc(C2C=Cc3ccccc3N2CC2OC(C(C)(C)C)CC(C(C)(C)C)O2)c1.